The maximum Gasteiger partial charge on any atom is 0.267 e. The molecule has 2 amide bonds. The standard InChI is InChI=1S/C32H32N4O3/c1-4-36-20-23(24-9-5-7-11-29(24)36)18-28(35-31(37)25-10-6-8-12-30(25)39-3)32(38)33-16-15-22-19-34-27-14-13-21(2)17-26(22)27/h5-14,17-20,34H,4,15-16H2,1-3H3,(H,33,38)(H,35,37). The number of hydrogen-bond acceptors (Lipinski definition) is 3. The highest BCUT2D eigenvalue weighted by molar-refractivity contribution is 6.07. The van der Waals surface area contributed by atoms with Crippen LogP contribution in [0.15, 0.2) is 84.8 Å². The van der Waals surface area contributed by atoms with Crippen LogP contribution in [0.3, 0.4) is 0 Å². The van der Waals surface area contributed by atoms with Crippen molar-refractivity contribution in [1.82, 2.24) is 20.2 Å². The van der Waals surface area contributed by atoms with Gasteiger partial charge in [-0.15, -0.1) is 0 Å². The molecule has 3 aromatic carbocycles. The van der Waals surface area contributed by atoms with Gasteiger partial charge in [0.1, 0.15) is 11.4 Å². The normalized spacial score (nSPS) is 11.6. The van der Waals surface area contributed by atoms with Crippen LogP contribution in [-0.2, 0) is 17.8 Å². The molecule has 0 aliphatic carbocycles. The monoisotopic (exact) mass is 520 g/mol. The Hall–Kier alpha value is -4.78. The molecule has 198 valence electrons. The number of benzene rings is 3. The molecule has 7 nitrogen and oxygen atoms in total. The molecule has 3 N–H and O–H groups in total. The van der Waals surface area contributed by atoms with E-state index in [4.69, 9.17) is 4.74 Å². The van der Waals surface area contributed by atoms with Gasteiger partial charge < -0.3 is 24.9 Å². The summed E-state index contributed by atoms with van der Waals surface area (Å²) in [6, 6.07) is 21.3. The first-order chi connectivity index (χ1) is 19.0. The van der Waals surface area contributed by atoms with Gasteiger partial charge in [0.15, 0.2) is 0 Å². The molecule has 0 fully saturated rings. The number of rotatable bonds is 9. The van der Waals surface area contributed by atoms with E-state index in [1.807, 2.05) is 36.7 Å². The smallest absolute Gasteiger partial charge is 0.267 e. The van der Waals surface area contributed by atoms with Crippen LogP contribution in [0.5, 0.6) is 5.75 Å². The molecule has 5 rings (SSSR count). The predicted molar refractivity (Wildman–Crippen MR) is 156 cm³/mol. The van der Waals surface area contributed by atoms with Gasteiger partial charge >= 0.3 is 0 Å². The van der Waals surface area contributed by atoms with Crippen molar-refractivity contribution < 1.29 is 14.3 Å². The van der Waals surface area contributed by atoms with Gasteiger partial charge in [-0.3, -0.25) is 9.59 Å². The van der Waals surface area contributed by atoms with Crippen molar-refractivity contribution in [1.29, 1.82) is 0 Å². The van der Waals surface area contributed by atoms with E-state index >= 15 is 0 Å². The number of aromatic nitrogens is 2. The van der Waals surface area contributed by atoms with Crippen molar-refractivity contribution in [2.75, 3.05) is 13.7 Å². The molecule has 0 unspecified atom stereocenters. The van der Waals surface area contributed by atoms with Crippen LogP contribution in [0, 0.1) is 6.92 Å². The Balaban J connectivity index is 1.42. The van der Waals surface area contributed by atoms with E-state index in [1.165, 1.54) is 12.7 Å². The summed E-state index contributed by atoms with van der Waals surface area (Å²) in [7, 11) is 1.52. The van der Waals surface area contributed by atoms with Gasteiger partial charge in [0.25, 0.3) is 11.8 Å². The molecular formula is C32H32N4O3. The van der Waals surface area contributed by atoms with Crippen LogP contribution in [0.1, 0.15) is 34.0 Å². The first-order valence-electron chi connectivity index (χ1n) is 13.1. The third-order valence-corrected chi connectivity index (χ3v) is 6.91. The number of nitrogens with one attached hydrogen (secondary N) is 3. The summed E-state index contributed by atoms with van der Waals surface area (Å²) in [6.45, 7) is 5.34. The summed E-state index contributed by atoms with van der Waals surface area (Å²) in [4.78, 5) is 30.1. The predicted octanol–water partition coefficient (Wildman–Crippen LogP) is 5.59. The van der Waals surface area contributed by atoms with Gasteiger partial charge in [-0.25, -0.2) is 0 Å². The molecule has 0 aliphatic rings. The lowest BCUT2D eigenvalue weighted by Gasteiger charge is -2.13. The summed E-state index contributed by atoms with van der Waals surface area (Å²) >= 11 is 0. The molecule has 2 aromatic heterocycles. The summed E-state index contributed by atoms with van der Waals surface area (Å²) in [5.74, 6) is -0.338. The lowest BCUT2D eigenvalue weighted by molar-refractivity contribution is -0.117. The second kappa shape index (κ2) is 11.3. The quantitative estimate of drug-likeness (QED) is 0.222. The molecular weight excluding hydrogens is 488 g/mol. The van der Waals surface area contributed by atoms with Crippen molar-refractivity contribution in [2.24, 2.45) is 0 Å². The molecule has 0 radical (unpaired) electrons. The summed E-state index contributed by atoms with van der Waals surface area (Å²) in [6.07, 6.45) is 6.38. The zero-order chi connectivity index (χ0) is 27.4. The Morgan fingerprint density at radius 2 is 1.82 bits per heavy atom. The number of hydrogen-bond donors (Lipinski definition) is 3. The highest BCUT2D eigenvalue weighted by atomic mass is 16.5. The largest absolute Gasteiger partial charge is 0.496 e. The Bertz CT molecular complexity index is 1690. The van der Waals surface area contributed by atoms with Crippen LogP contribution < -0.4 is 15.4 Å². The second-order valence-electron chi connectivity index (χ2n) is 9.47. The van der Waals surface area contributed by atoms with Crippen LogP contribution >= 0.6 is 0 Å². The molecule has 5 aromatic rings. The van der Waals surface area contributed by atoms with Gasteiger partial charge in [0.05, 0.1) is 12.7 Å². The lowest BCUT2D eigenvalue weighted by Crippen LogP contribution is -2.35. The number of ether oxygens (including phenoxy) is 1. The number of methoxy groups -OCH3 is 1. The van der Waals surface area contributed by atoms with E-state index < -0.39 is 5.91 Å². The van der Waals surface area contributed by atoms with Crippen LogP contribution in [0.4, 0.5) is 0 Å². The minimum Gasteiger partial charge on any atom is -0.496 e. The topological polar surface area (TPSA) is 88.2 Å². The van der Waals surface area contributed by atoms with E-state index in [2.05, 4.69) is 52.2 Å². The van der Waals surface area contributed by atoms with E-state index in [-0.39, 0.29) is 11.6 Å². The fraction of sp³-hybridized carbons (Fsp3) is 0.188. The molecule has 0 atom stereocenters. The first-order valence-corrected chi connectivity index (χ1v) is 13.1. The molecule has 0 saturated heterocycles. The molecule has 7 heteroatoms. The van der Waals surface area contributed by atoms with E-state index in [0.717, 1.165) is 39.5 Å². The van der Waals surface area contributed by atoms with E-state index in [1.54, 1.807) is 30.3 Å². The lowest BCUT2D eigenvalue weighted by atomic mass is 10.1. The summed E-state index contributed by atoms with van der Waals surface area (Å²) < 4.78 is 7.49. The van der Waals surface area contributed by atoms with Crippen molar-refractivity contribution in [2.45, 2.75) is 26.8 Å². The zero-order valence-corrected chi connectivity index (χ0v) is 22.4. The van der Waals surface area contributed by atoms with Gasteiger partial charge in [0, 0.05) is 52.9 Å². The fourth-order valence-corrected chi connectivity index (χ4v) is 4.89. The Labute approximate surface area is 227 Å². The van der Waals surface area contributed by atoms with Crippen molar-refractivity contribution >= 4 is 39.7 Å². The number of amides is 2. The van der Waals surface area contributed by atoms with E-state index in [9.17, 15) is 9.59 Å². The number of carbonyl (C=O) groups is 2. The average Bonchev–Trinajstić information content (AvgIpc) is 3.53. The maximum absolute atomic E-state index is 13.5. The molecule has 2 heterocycles. The number of carbonyl (C=O) groups excluding carboxylic acids is 2. The van der Waals surface area contributed by atoms with Crippen molar-refractivity contribution in [3.63, 3.8) is 0 Å². The summed E-state index contributed by atoms with van der Waals surface area (Å²) in [5.41, 5.74) is 5.82. The third-order valence-electron chi connectivity index (χ3n) is 6.91. The van der Waals surface area contributed by atoms with Gasteiger partial charge in [-0.2, -0.15) is 0 Å². The zero-order valence-electron chi connectivity index (χ0n) is 22.4. The third kappa shape index (κ3) is 5.43. The molecule has 0 aliphatic heterocycles. The van der Waals surface area contributed by atoms with E-state index in [0.29, 0.717) is 24.3 Å². The van der Waals surface area contributed by atoms with Crippen molar-refractivity contribution in [3.05, 3.63) is 107 Å². The van der Waals surface area contributed by atoms with Crippen LogP contribution in [-0.4, -0.2) is 35.0 Å². The number of H-pyrrole nitrogens is 1. The van der Waals surface area contributed by atoms with Gasteiger partial charge in [-0.05, 0) is 62.2 Å². The summed E-state index contributed by atoms with van der Waals surface area (Å²) in [5, 5.41) is 8.00. The van der Waals surface area contributed by atoms with Crippen LogP contribution in [0.25, 0.3) is 27.9 Å². The minimum atomic E-state index is -0.416. The van der Waals surface area contributed by atoms with Crippen molar-refractivity contribution in [3.8, 4) is 5.75 Å². The Kier molecular flexibility index (Phi) is 7.50. The highest BCUT2D eigenvalue weighted by Gasteiger charge is 2.18. The fourth-order valence-electron chi connectivity index (χ4n) is 4.89. The molecule has 39 heavy (non-hydrogen) atoms. The number of aryl methyl sites for hydroxylation is 2. The Morgan fingerprint density at radius 3 is 2.64 bits per heavy atom. The number of aromatic amines is 1. The first kappa shape index (κ1) is 25.9. The minimum absolute atomic E-state index is 0.166. The molecule has 0 spiro atoms. The van der Waals surface area contributed by atoms with Crippen LogP contribution in [0.2, 0.25) is 0 Å². The SMILES string of the molecule is CCn1cc(C=C(NC(=O)c2ccccc2OC)C(=O)NCCc2c[nH]c3ccc(C)cc23)c2ccccc21. The number of fused-ring (bicyclic) bond motifs is 2. The second-order valence-corrected chi connectivity index (χ2v) is 9.47. The Morgan fingerprint density at radius 1 is 1.03 bits per heavy atom. The highest BCUT2D eigenvalue weighted by Crippen LogP contribution is 2.24. The number of nitrogens with zero attached hydrogens (tertiary/aromatic N) is 1. The number of para-hydroxylation sites is 2. The average molecular weight is 521 g/mol. The molecule has 0 saturated carbocycles. The van der Waals surface area contributed by atoms with Gasteiger partial charge in [0.2, 0.25) is 0 Å². The maximum atomic E-state index is 13.5. The molecule has 0 bridgehead atoms. The van der Waals surface area contributed by atoms with Gasteiger partial charge in [-0.1, -0.05) is 42.0 Å².